The lowest BCUT2D eigenvalue weighted by Gasteiger charge is -2.36. The summed E-state index contributed by atoms with van der Waals surface area (Å²) in [6, 6.07) is 0.303. The van der Waals surface area contributed by atoms with Crippen LogP contribution in [0, 0.1) is 5.92 Å². The van der Waals surface area contributed by atoms with Gasteiger partial charge in [0.1, 0.15) is 0 Å². The molecular formula is C16H29NO2. The summed E-state index contributed by atoms with van der Waals surface area (Å²) in [5, 5.41) is 9.14. The fourth-order valence-electron chi connectivity index (χ4n) is 3.71. The molecule has 1 aliphatic carbocycles. The first-order valence-corrected chi connectivity index (χ1v) is 8.21. The molecule has 19 heavy (non-hydrogen) atoms. The van der Waals surface area contributed by atoms with Gasteiger partial charge in [0.2, 0.25) is 5.91 Å². The smallest absolute Gasteiger partial charge is 0.223 e. The van der Waals surface area contributed by atoms with Crippen LogP contribution in [-0.2, 0) is 4.79 Å². The van der Waals surface area contributed by atoms with Gasteiger partial charge in [-0.2, -0.15) is 0 Å². The van der Waals surface area contributed by atoms with Crippen LogP contribution in [0.1, 0.15) is 70.6 Å². The van der Waals surface area contributed by atoms with Crippen LogP contribution in [0.15, 0.2) is 0 Å². The number of amides is 1. The number of likely N-dealkylation sites (tertiary alicyclic amines) is 1. The van der Waals surface area contributed by atoms with Crippen molar-refractivity contribution < 1.29 is 9.90 Å². The number of aliphatic hydroxyl groups excluding tert-OH is 1. The molecule has 0 bridgehead atoms. The molecule has 2 aliphatic rings. The first-order chi connectivity index (χ1) is 9.31. The van der Waals surface area contributed by atoms with Gasteiger partial charge < -0.3 is 10.0 Å². The topological polar surface area (TPSA) is 40.5 Å². The number of hydrogen-bond donors (Lipinski definition) is 1. The van der Waals surface area contributed by atoms with Crippen molar-refractivity contribution in [1.29, 1.82) is 0 Å². The first kappa shape index (κ1) is 14.8. The normalized spacial score (nSPS) is 26.2. The zero-order chi connectivity index (χ0) is 13.5. The lowest BCUT2D eigenvalue weighted by atomic mass is 9.93. The third-order valence-electron chi connectivity index (χ3n) is 4.85. The summed E-state index contributed by atoms with van der Waals surface area (Å²) in [6.07, 6.45) is 12.7. The lowest BCUT2D eigenvalue weighted by Crippen LogP contribution is -2.44. The zero-order valence-corrected chi connectivity index (χ0v) is 12.1. The van der Waals surface area contributed by atoms with E-state index in [1.165, 1.54) is 44.9 Å². The third kappa shape index (κ3) is 4.48. The van der Waals surface area contributed by atoms with E-state index < -0.39 is 0 Å². The van der Waals surface area contributed by atoms with Crippen LogP contribution >= 0.6 is 0 Å². The Balaban J connectivity index is 1.85. The van der Waals surface area contributed by atoms with Crippen LogP contribution in [0.2, 0.25) is 0 Å². The van der Waals surface area contributed by atoms with Crippen molar-refractivity contribution in [2.75, 3.05) is 13.2 Å². The van der Waals surface area contributed by atoms with Gasteiger partial charge in [0.15, 0.2) is 0 Å². The Morgan fingerprint density at radius 1 is 1.00 bits per heavy atom. The average molecular weight is 267 g/mol. The molecule has 1 N–H and O–H groups in total. The van der Waals surface area contributed by atoms with Crippen molar-refractivity contribution in [2.45, 2.75) is 76.7 Å². The number of rotatable bonds is 4. The van der Waals surface area contributed by atoms with Crippen molar-refractivity contribution in [2.24, 2.45) is 5.92 Å². The third-order valence-corrected chi connectivity index (χ3v) is 4.85. The Morgan fingerprint density at radius 2 is 1.68 bits per heavy atom. The SMILES string of the molecule is O=C(CC1CCCCCC1)N1CCCCC1CCO. The van der Waals surface area contributed by atoms with Gasteiger partial charge in [0.05, 0.1) is 0 Å². The van der Waals surface area contributed by atoms with Crippen molar-refractivity contribution in [1.82, 2.24) is 4.90 Å². The molecule has 0 radical (unpaired) electrons. The molecule has 1 unspecified atom stereocenters. The van der Waals surface area contributed by atoms with Crippen LogP contribution < -0.4 is 0 Å². The van der Waals surface area contributed by atoms with E-state index in [9.17, 15) is 4.79 Å². The standard InChI is InChI=1S/C16H29NO2/c18-12-10-15-9-5-6-11-17(15)16(19)13-14-7-3-1-2-4-8-14/h14-15,18H,1-13H2. The van der Waals surface area contributed by atoms with Crippen LogP contribution in [0.25, 0.3) is 0 Å². The van der Waals surface area contributed by atoms with Crippen molar-refractivity contribution in [3.05, 3.63) is 0 Å². The molecule has 0 spiro atoms. The van der Waals surface area contributed by atoms with E-state index in [0.717, 1.165) is 32.2 Å². The molecule has 2 fully saturated rings. The lowest BCUT2D eigenvalue weighted by molar-refractivity contribution is -0.136. The van der Waals surface area contributed by atoms with Gasteiger partial charge in [0, 0.05) is 25.6 Å². The average Bonchev–Trinajstić information content (AvgIpc) is 2.68. The number of carbonyl (C=O) groups excluding carboxylic acids is 1. The summed E-state index contributed by atoms with van der Waals surface area (Å²) >= 11 is 0. The minimum Gasteiger partial charge on any atom is -0.396 e. The molecule has 3 heteroatoms. The van der Waals surface area contributed by atoms with Gasteiger partial charge in [0.25, 0.3) is 0 Å². The molecule has 1 aliphatic heterocycles. The summed E-state index contributed by atoms with van der Waals surface area (Å²) in [6.45, 7) is 1.12. The highest BCUT2D eigenvalue weighted by atomic mass is 16.3. The van der Waals surface area contributed by atoms with Gasteiger partial charge in [-0.15, -0.1) is 0 Å². The summed E-state index contributed by atoms with van der Waals surface area (Å²) in [5.74, 6) is 0.969. The second kappa shape index (κ2) is 7.88. The van der Waals surface area contributed by atoms with E-state index >= 15 is 0 Å². The molecule has 0 aromatic heterocycles. The second-order valence-electron chi connectivity index (χ2n) is 6.31. The van der Waals surface area contributed by atoms with E-state index in [0.29, 0.717) is 17.9 Å². The largest absolute Gasteiger partial charge is 0.396 e. The number of carbonyl (C=O) groups is 1. The molecular weight excluding hydrogens is 238 g/mol. The fraction of sp³-hybridized carbons (Fsp3) is 0.938. The van der Waals surface area contributed by atoms with Gasteiger partial charge in [-0.05, 0) is 44.4 Å². The molecule has 1 atom stereocenters. The number of hydrogen-bond acceptors (Lipinski definition) is 2. The van der Waals surface area contributed by atoms with Crippen LogP contribution in [-0.4, -0.2) is 35.1 Å². The second-order valence-corrected chi connectivity index (χ2v) is 6.31. The summed E-state index contributed by atoms with van der Waals surface area (Å²) in [5.41, 5.74) is 0. The first-order valence-electron chi connectivity index (χ1n) is 8.21. The van der Waals surface area contributed by atoms with Crippen molar-refractivity contribution >= 4 is 5.91 Å². The number of nitrogens with zero attached hydrogens (tertiary/aromatic N) is 1. The van der Waals surface area contributed by atoms with E-state index in [2.05, 4.69) is 4.90 Å². The maximum Gasteiger partial charge on any atom is 0.223 e. The van der Waals surface area contributed by atoms with Gasteiger partial charge in [-0.1, -0.05) is 25.7 Å². The molecule has 1 saturated carbocycles. The van der Waals surface area contributed by atoms with Crippen LogP contribution in [0.3, 0.4) is 0 Å². The van der Waals surface area contributed by atoms with Gasteiger partial charge >= 0.3 is 0 Å². The number of aliphatic hydroxyl groups is 1. The Bertz CT molecular complexity index is 270. The van der Waals surface area contributed by atoms with Gasteiger partial charge in [-0.3, -0.25) is 4.79 Å². The Labute approximate surface area is 117 Å². The molecule has 0 aromatic carbocycles. The summed E-state index contributed by atoms with van der Waals surface area (Å²) in [4.78, 5) is 14.6. The molecule has 1 saturated heterocycles. The molecule has 110 valence electrons. The maximum atomic E-state index is 12.5. The van der Waals surface area contributed by atoms with Gasteiger partial charge in [-0.25, -0.2) is 0 Å². The Kier molecular flexibility index (Phi) is 6.15. The Morgan fingerprint density at radius 3 is 2.37 bits per heavy atom. The molecule has 1 amide bonds. The van der Waals surface area contributed by atoms with Crippen molar-refractivity contribution in [3.63, 3.8) is 0 Å². The summed E-state index contributed by atoms with van der Waals surface area (Å²) < 4.78 is 0. The van der Waals surface area contributed by atoms with Crippen LogP contribution in [0.4, 0.5) is 0 Å². The fourth-order valence-corrected chi connectivity index (χ4v) is 3.71. The molecule has 0 aromatic rings. The molecule has 3 nitrogen and oxygen atoms in total. The van der Waals surface area contributed by atoms with Crippen LogP contribution in [0.5, 0.6) is 0 Å². The highest BCUT2D eigenvalue weighted by Gasteiger charge is 2.27. The van der Waals surface area contributed by atoms with E-state index in [1.54, 1.807) is 0 Å². The predicted octanol–water partition coefficient (Wildman–Crippen LogP) is 3.11. The highest BCUT2D eigenvalue weighted by molar-refractivity contribution is 5.76. The zero-order valence-electron chi connectivity index (χ0n) is 12.1. The molecule has 2 rings (SSSR count). The maximum absolute atomic E-state index is 12.5. The Hall–Kier alpha value is -0.570. The van der Waals surface area contributed by atoms with E-state index in [4.69, 9.17) is 5.11 Å². The van der Waals surface area contributed by atoms with E-state index in [-0.39, 0.29) is 6.61 Å². The van der Waals surface area contributed by atoms with Crippen molar-refractivity contribution in [3.8, 4) is 0 Å². The highest BCUT2D eigenvalue weighted by Crippen LogP contribution is 2.28. The quantitative estimate of drug-likeness (QED) is 0.795. The summed E-state index contributed by atoms with van der Waals surface area (Å²) in [7, 11) is 0. The predicted molar refractivity (Wildman–Crippen MR) is 76.9 cm³/mol. The number of piperidine rings is 1. The minimum absolute atomic E-state index is 0.206. The molecule has 1 heterocycles. The minimum atomic E-state index is 0.206. The van der Waals surface area contributed by atoms with E-state index in [1.807, 2.05) is 0 Å². The monoisotopic (exact) mass is 267 g/mol.